The molecule has 24 heavy (non-hydrogen) atoms. The summed E-state index contributed by atoms with van der Waals surface area (Å²) in [6, 6.07) is 0. The molecule has 9 heteroatoms. The molecule has 0 unspecified atom stereocenters. The van der Waals surface area contributed by atoms with Crippen molar-refractivity contribution in [3.8, 4) is 0 Å². The van der Waals surface area contributed by atoms with E-state index >= 15 is 0 Å². The normalized spacial score (nSPS) is 11.4. The highest BCUT2D eigenvalue weighted by Gasteiger charge is 2.11. The summed E-state index contributed by atoms with van der Waals surface area (Å²) in [5.41, 5.74) is 3.30. The number of nitrogens with one attached hydrogen (secondary N) is 3. The predicted octanol–water partition coefficient (Wildman–Crippen LogP) is 1.15. The molecule has 0 saturated carbocycles. The third-order valence-corrected chi connectivity index (χ3v) is 4.29. The maximum atomic E-state index is 12.0. The van der Waals surface area contributed by atoms with Gasteiger partial charge in [-0.1, -0.05) is 0 Å². The monoisotopic (exact) mass is 350 g/mol. The highest BCUT2D eigenvalue weighted by Crippen LogP contribution is 2.11. The molecule has 2 aromatic heterocycles. The lowest BCUT2D eigenvalue weighted by Gasteiger charge is -2.11. The number of oxazole rings is 1. The zero-order valence-corrected chi connectivity index (χ0v) is 15.1. The van der Waals surface area contributed by atoms with Gasteiger partial charge in [0, 0.05) is 20.1 Å². The molecule has 0 spiro atoms. The Bertz CT molecular complexity index is 702. The summed E-state index contributed by atoms with van der Waals surface area (Å²) < 4.78 is 5.50. The molecule has 0 aromatic carbocycles. The van der Waals surface area contributed by atoms with E-state index in [-0.39, 0.29) is 5.91 Å². The van der Waals surface area contributed by atoms with Crippen molar-refractivity contribution >= 4 is 23.2 Å². The Kier molecular flexibility index (Phi) is 6.30. The molecule has 8 nitrogen and oxygen atoms in total. The Morgan fingerprint density at radius 1 is 1.21 bits per heavy atom. The summed E-state index contributed by atoms with van der Waals surface area (Å²) in [7, 11) is 1.68. The van der Waals surface area contributed by atoms with Crippen molar-refractivity contribution in [1.82, 2.24) is 25.9 Å². The highest BCUT2D eigenvalue weighted by molar-refractivity contribution is 7.11. The largest absolute Gasteiger partial charge is 0.444 e. The zero-order chi connectivity index (χ0) is 17.5. The molecular weight excluding hydrogens is 328 g/mol. The second-order valence-corrected chi connectivity index (χ2v) is 5.98. The number of aliphatic imine (C=N–C) groups is 1. The van der Waals surface area contributed by atoms with E-state index in [1.165, 1.54) is 11.3 Å². The minimum atomic E-state index is -0.106. The van der Waals surface area contributed by atoms with Crippen LogP contribution < -0.4 is 16.0 Å². The molecule has 0 atom stereocenters. The van der Waals surface area contributed by atoms with Crippen LogP contribution >= 0.6 is 11.3 Å². The Balaban J connectivity index is 1.70. The number of carbonyl (C=O) groups excluding carboxylic acids is 1. The second kappa shape index (κ2) is 8.44. The molecule has 0 aliphatic rings. The summed E-state index contributed by atoms with van der Waals surface area (Å²) in [5, 5.41) is 9.08. The number of carbonyl (C=O) groups is 1. The van der Waals surface area contributed by atoms with Gasteiger partial charge in [-0.2, -0.15) is 0 Å². The molecule has 0 fully saturated rings. The van der Waals surface area contributed by atoms with Gasteiger partial charge in [-0.05, 0) is 20.8 Å². The highest BCUT2D eigenvalue weighted by atomic mass is 32.1. The molecule has 3 N–H and O–H groups in total. The molecule has 0 radical (unpaired) electrons. The number of hydrogen-bond acceptors (Lipinski definition) is 6. The van der Waals surface area contributed by atoms with Crippen LogP contribution in [0.3, 0.4) is 0 Å². The third kappa shape index (κ3) is 4.79. The van der Waals surface area contributed by atoms with Crippen LogP contribution in [0.5, 0.6) is 0 Å². The fraction of sp³-hybridized carbons (Fsp3) is 0.467. The van der Waals surface area contributed by atoms with Crippen molar-refractivity contribution in [3.63, 3.8) is 0 Å². The summed E-state index contributed by atoms with van der Waals surface area (Å²) in [4.78, 5) is 25.1. The average molecular weight is 350 g/mol. The minimum absolute atomic E-state index is 0.106. The minimum Gasteiger partial charge on any atom is -0.444 e. The van der Waals surface area contributed by atoms with Gasteiger partial charge in [-0.3, -0.25) is 9.79 Å². The third-order valence-electron chi connectivity index (χ3n) is 3.36. The molecule has 0 saturated heterocycles. The Hall–Kier alpha value is -2.42. The molecule has 130 valence electrons. The van der Waals surface area contributed by atoms with Crippen LogP contribution in [0.25, 0.3) is 0 Å². The number of rotatable bonds is 6. The number of amides is 1. The lowest BCUT2D eigenvalue weighted by atomic mass is 10.4. The first-order valence-corrected chi connectivity index (χ1v) is 8.45. The lowest BCUT2D eigenvalue weighted by molar-refractivity contribution is 0.0957. The van der Waals surface area contributed by atoms with E-state index in [1.54, 1.807) is 12.6 Å². The van der Waals surface area contributed by atoms with Crippen molar-refractivity contribution in [3.05, 3.63) is 33.4 Å². The molecule has 2 aromatic rings. The topological polar surface area (TPSA) is 104 Å². The van der Waals surface area contributed by atoms with Crippen LogP contribution in [-0.2, 0) is 6.54 Å². The van der Waals surface area contributed by atoms with E-state index in [9.17, 15) is 4.79 Å². The van der Waals surface area contributed by atoms with Gasteiger partial charge in [0.25, 0.3) is 5.91 Å². The lowest BCUT2D eigenvalue weighted by Crippen LogP contribution is -2.41. The van der Waals surface area contributed by atoms with E-state index in [4.69, 9.17) is 4.42 Å². The van der Waals surface area contributed by atoms with Gasteiger partial charge in [0.2, 0.25) is 5.89 Å². The molecular formula is C15H22N6O2S. The van der Waals surface area contributed by atoms with E-state index in [2.05, 4.69) is 30.9 Å². The zero-order valence-electron chi connectivity index (χ0n) is 14.3. The van der Waals surface area contributed by atoms with Crippen LogP contribution in [0, 0.1) is 20.8 Å². The maximum Gasteiger partial charge on any atom is 0.263 e. The van der Waals surface area contributed by atoms with E-state index in [1.807, 2.05) is 20.8 Å². The number of guanidine groups is 1. The van der Waals surface area contributed by atoms with Gasteiger partial charge in [-0.15, -0.1) is 11.3 Å². The smallest absolute Gasteiger partial charge is 0.263 e. The van der Waals surface area contributed by atoms with Crippen LogP contribution in [0.15, 0.2) is 14.9 Å². The van der Waals surface area contributed by atoms with E-state index in [0.29, 0.717) is 36.4 Å². The second-order valence-electron chi connectivity index (χ2n) is 5.12. The Morgan fingerprint density at radius 3 is 2.54 bits per heavy atom. The predicted molar refractivity (Wildman–Crippen MR) is 93.4 cm³/mol. The van der Waals surface area contributed by atoms with Crippen LogP contribution in [0.4, 0.5) is 0 Å². The quantitative estimate of drug-likeness (QED) is 0.410. The number of hydrogen-bond donors (Lipinski definition) is 3. The van der Waals surface area contributed by atoms with E-state index in [0.717, 1.165) is 17.1 Å². The fourth-order valence-corrected chi connectivity index (χ4v) is 2.67. The molecule has 2 heterocycles. The number of aromatic nitrogens is 2. The van der Waals surface area contributed by atoms with Crippen molar-refractivity contribution in [2.24, 2.45) is 4.99 Å². The maximum absolute atomic E-state index is 12.0. The fourth-order valence-electron chi connectivity index (χ4n) is 1.95. The molecule has 0 aliphatic carbocycles. The molecule has 1 amide bonds. The number of nitrogens with zero attached hydrogens (tertiary/aromatic N) is 3. The molecule has 0 bridgehead atoms. The van der Waals surface area contributed by atoms with E-state index < -0.39 is 0 Å². The summed E-state index contributed by atoms with van der Waals surface area (Å²) in [6.45, 7) is 7.08. The van der Waals surface area contributed by atoms with Gasteiger partial charge in [-0.25, -0.2) is 9.97 Å². The first kappa shape index (κ1) is 17.9. The summed E-state index contributed by atoms with van der Waals surface area (Å²) in [5.74, 6) is 1.94. The van der Waals surface area contributed by atoms with Crippen LogP contribution in [-0.4, -0.2) is 42.0 Å². The van der Waals surface area contributed by atoms with Gasteiger partial charge in [0.1, 0.15) is 10.6 Å². The number of aryl methyl sites for hydroxylation is 3. The summed E-state index contributed by atoms with van der Waals surface area (Å²) in [6.07, 6.45) is 0. The first-order valence-electron chi connectivity index (χ1n) is 7.57. The first-order chi connectivity index (χ1) is 11.5. The SMILES string of the molecule is CN=C(NCCNC(=O)c1scnc1C)NCc1nc(C)c(C)o1. The Morgan fingerprint density at radius 2 is 1.96 bits per heavy atom. The number of thiazole rings is 1. The van der Waals surface area contributed by atoms with Gasteiger partial charge >= 0.3 is 0 Å². The van der Waals surface area contributed by atoms with Crippen molar-refractivity contribution < 1.29 is 9.21 Å². The van der Waals surface area contributed by atoms with Crippen LogP contribution in [0.1, 0.15) is 32.7 Å². The van der Waals surface area contributed by atoms with Gasteiger partial charge in [0.15, 0.2) is 5.96 Å². The van der Waals surface area contributed by atoms with Gasteiger partial charge in [0.05, 0.1) is 23.4 Å². The van der Waals surface area contributed by atoms with Crippen molar-refractivity contribution in [1.29, 1.82) is 0 Å². The standard InChI is InChI=1S/C15H22N6O2S/c1-9-11(3)23-12(21-9)7-19-15(16-4)18-6-5-17-14(22)13-10(2)20-8-24-13/h8H,5-7H2,1-4H3,(H,17,22)(H2,16,18,19). The van der Waals surface area contributed by atoms with Gasteiger partial charge < -0.3 is 20.4 Å². The van der Waals surface area contributed by atoms with Crippen molar-refractivity contribution in [2.75, 3.05) is 20.1 Å². The molecule has 2 rings (SSSR count). The summed E-state index contributed by atoms with van der Waals surface area (Å²) >= 11 is 1.34. The Labute approximate surface area is 144 Å². The average Bonchev–Trinajstić information content (AvgIpc) is 3.12. The molecule has 0 aliphatic heterocycles. The van der Waals surface area contributed by atoms with Crippen molar-refractivity contribution in [2.45, 2.75) is 27.3 Å². The van der Waals surface area contributed by atoms with Crippen LogP contribution in [0.2, 0.25) is 0 Å².